The van der Waals surface area contributed by atoms with Crippen LogP contribution in [0.15, 0.2) is 123 Å². The molecule has 21 heteroatoms. The minimum Gasteiger partial charge on any atom is -0.506 e. The van der Waals surface area contributed by atoms with Crippen LogP contribution in [0.5, 0.6) is 11.5 Å². The number of halogens is 3. The van der Waals surface area contributed by atoms with Crippen LogP contribution in [0.2, 0.25) is 0 Å². The quantitative estimate of drug-likeness (QED) is 0.0421. The number of nitrogens with zero attached hydrogens (tertiary/aromatic N) is 3. The zero-order valence-electron chi connectivity index (χ0n) is 42.2. The Labute approximate surface area is 458 Å². The van der Waals surface area contributed by atoms with Gasteiger partial charge in [0.05, 0.1) is 38.4 Å². The van der Waals surface area contributed by atoms with Crippen molar-refractivity contribution >= 4 is 115 Å². The van der Waals surface area contributed by atoms with Gasteiger partial charge in [0.2, 0.25) is 0 Å². The molecule has 0 spiro atoms. The number of hydrogen-bond donors (Lipinski definition) is 6. The number of hydrogen-bond acceptors (Lipinski definition) is 15. The van der Waals surface area contributed by atoms with E-state index >= 15 is 0 Å². The van der Waals surface area contributed by atoms with E-state index in [2.05, 4.69) is 15.0 Å². The number of Topliss-reactive ketones (excluding diaryl/α,β-unsaturated/α-hetero) is 3. The van der Waals surface area contributed by atoms with Crippen molar-refractivity contribution in [2.45, 2.75) is 112 Å². The predicted molar refractivity (Wildman–Crippen MR) is 292 cm³/mol. The van der Waals surface area contributed by atoms with Gasteiger partial charge in [-0.1, -0.05) is 30.3 Å². The number of rotatable bonds is 10. The SMILES string of the molecule is CC(=O)C1(c2ccc(O)c(N)c2)CC1.CC(=O)C1(c2ccc(O)c(N)c2)CC1.CC(=O)C1(c2ccc3ocnc3c2)CC1.O=C(O)C1(c2ccc3ocnc3c2)CC1.O=C(O)C1(c2ccc3ocnc3c2)CC1.[Cl][Al]([Cl])[Cl]. The number of carboxylic acids is 2. The zero-order chi connectivity index (χ0) is 55.7. The van der Waals surface area contributed by atoms with E-state index in [0.29, 0.717) is 48.2 Å². The van der Waals surface area contributed by atoms with Crippen molar-refractivity contribution in [3.63, 3.8) is 0 Å². The third-order valence-corrected chi connectivity index (χ3v) is 15.4. The van der Waals surface area contributed by atoms with Crippen LogP contribution in [-0.4, -0.2) is 76.1 Å². The van der Waals surface area contributed by atoms with E-state index in [-0.39, 0.29) is 45.1 Å². The van der Waals surface area contributed by atoms with Gasteiger partial charge in [-0.3, -0.25) is 24.0 Å². The molecule has 8 N–H and O–H groups in total. The van der Waals surface area contributed by atoms with Crippen LogP contribution in [0.3, 0.4) is 0 Å². The Morgan fingerprint density at radius 2 is 0.675 bits per heavy atom. The molecule has 13 rings (SSSR count). The van der Waals surface area contributed by atoms with E-state index in [0.717, 1.165) is 88.5 Å². The van der Waals surface area contributed by atoms with Crippen LogP contribution in [0, 0.1) is 0 Å². The molecule has 0 amide bonds. The molecule has 0 aliphatic heterocycles. The Balaban J connectivity index is 0.000000125. The summed E-state index contributed by atoms with van der Waals surface area (Å²) in [6.45, 7) is 4.88. The number of phenolic OH excluding ortho intramolecular Hbond substituents is 2. The van der Waals surface area contributed by atoms with Crippen LogP contribution in [0.1, 0.15) is 113 Å². The number of nitrogens with two attached hydrogens (primary N) is 2. The smallest absolute Gasteiger partial charge is 0.506 e. The first kappa shape index (κ1) is 56.3. The number of carbonyl (C=O) groups excluding carboxylic acids is 3. The second kappa shape index (κ2) is 22.2. The molecule has 400 valence electrons. The third-order valence-electron chi connectivity index (χ3n) is 15.4. The largest absolute Gasteiger partial charge is 0.643 e. The monoisotopic (exact) mass is 1120 g/mol. The maximum Gasteiger partial charge on any atom is 0.643 e. The minimum absolute atomic E-state index is 0.0769. The van der Waals surface area contributed by atoms with Gasteiger partial charge in [-0.2, -0.15) is 0 Å². The topological polar surface area (TPSA) is 296 Å². The molecule has 0 radical (unpaired) electrons. The minimum atomic E-state index is -1.72. The van der Waals surface area contributed by atoms with Crippen LogP contribution >= 0.6 is 30.1 Å². The fraction of sp³-hybridized carbons (Fsp3) is 0.321. The van der Waals surface area contributed by atoms with Crippen molar-refractivity contribution < 1.29 is 57.7 Å². The molecular formula is C56H55AlCl3N5O12. The van der Waals surface area contributed by atoms with Gasteiger partial charge in [-0.25, -0.2) is 45.1 Å². The van der Waals surface area contributed by atoms with E-state index in [1.54, 1.807) is 81.4 Å². The first-order valence-electron chi connectivity index (χ1n) is 24.6. The first-order chi connectivity index (χ1) is 36.5. The number of nitrogen functional groups attached to an aromatic ring is 2. The lowest BCUT2D eigenvalue weighted by molar-refractivity contribution is -0.141. The number of benzene rings is 5. The molecule has 0 atom stereocenters. The van der Waals surface area contributed by atoms with E-state index in [4.69, 9.17) is 65.1 Å². The molecule has 8 aromatic rings. The highest BCUT2D eigenvalue weighted by molar-refractivity contribution is 7.54. The van der Waals surface area contributed by atoms with Crippen molar-refractivity contribution in [2.75, 3.05) is 11.5 Å². The fourth-order valence-electron chi connectivity index (χ4n) is 9.58. The number of fused-ring (bicyclic) bond motifs is 3. The van der Waals surface area contributed by atoms with Gasteiger partial charge in [0, 0.05) is 0 Å². The number of carboxylic acid groups (broad SMARTS) is 2. The Bertz CT molecular complexity index is 3220. The fourth-order valence-corrected chi connectivity index (χ4v) is 9.58. The Hall–Kier alpha value is -6.94. The van der Waals surface area contributed by atoms with Gasteiger partial charge < -0.3 is 45.1 Å². The molecule has 0 saturated heterocycles. The second-order valence-electron chi connectivity index (χ2n) is 20.1. The average Bonchev–Trinajstić information content (AvgIpc) is 4.20. The number of ketones is 3. The molecule has 3 heterocycles. The van der Waals surface area contributed by atoms with Crippen molar-refractivity contribution in [2.24, 2.45) is 0 Å². The van der Waals surface area contributed by atoms with E-state index < -0.39 is 34.2 Å². The van der Waals surface area contributed by atoms with Crippen LogP contribution in [0.4, 0.5) is 11.4 Å². The molecule has 5 fully saturated rings. The molecule has 77 heavy (non-hydrogen) atoms. The van der Waals surface area contributed by atoms with Crippen molar-refractivity contribution in [1.29, 1.82) is 0 Å². The Morgan fingerprint density at radius 3 is 0.896 bits per heavy atom. The number of aliphatic carboxylic acids is 2. The van der Waals surface area contributed by atoms with Gasteiger partial charge in [0.15, 0.2) is 35.9 Å². The molecule has 0 unspecified atom stereocenters. The first-order valence-corrected chi connectivity index (χ1v) is 29.9. The number of aromatic hydroxyl groups is 2. The number of phenols is 2. The summed E-state index contributed by atoms with van der Waals surface area (Å²) >= 11 is -1.72. The van der Waals surface area contributed by atoms with Gasteiger partial charge in [0.1, 0.15) is 45.4 Å². The van der Waals surface area contributed by atoms with Crippen LogP contribution in [-0.2, 0) is 51.0 Å². The van der Waals surface area contributed by atoms with Gasteiger partial charge in [-0.05, 0) is 173 Å². The highest BCUT2D eigenvalue weighted by Crippen LogP contribution is 2.53. The van der Waals surface area contributed by atoms with Crippen LogP contribution in [0.25, 0.3) is 33.3 Å². The van der Waals surface area contributed by atoms with E-state index in [1.165, 1.54) is 19.2 Å². The summed E-state index contributed by atoms with van der Waals surface area (Å²) < 4.78 is 15.4. The molecule has 5 aliphatic rings. The lowest BCUT2D eigenvalue weighted by Gasteiger charge is -2.12. The second-order valence-corrected chi connectivity index (χ2v) is 26.5. The lowest BCUT2D eigenvalue weighted by atomic mass is 9.92. The molecule has 5 aromatic carbocycles. The van der Waals surface area contributed by atoms with Gasteiger partial charge in [0.25, 0.3) is 0 Å². The molecule has 5 saturated carbocycles. The molecule has 5 aliphatic carbocycles. The normalized spacial score (nSPS) is 17.3. The number of aromatic nitrogens is 3. The van der Waals surface area contributed by atoms with E-state index in [9.17, 15) is 34.2 Å². The van der Waals surface area contributed by atoms with Gasteiger partial charge in [-0.15, -0.1) is 0 Å². The molecule has 0 bridgehead atoms. The summed E-state index contributed by atoms with van der Waals surface area (Å²) in [6, 6.07) is 26.7. The van der Waals surface area contributed by atoms with E-state index in [1.807, 2.05) is 30.3 Å². The lowest BCUT2D eigenvalue weighted by Crippen LogP contribution is -2.19. The van der Waals surface area contributed by atoms with Gasteiger partial charge >= 0.3 is 23.3 Å². The number of oxazole rings is 3. The van der Waals surface area contributed by atoms with Crippen molar-refractivity contribution in [3.8, 4) is 11.5 Å². The average molecular weight is 1120 g/mol. The zero-order valence-corrected chi connectivity index (χ0v) is 45.6. The highest BCUT2D eigenvalue weighted by atomic mass is 35.8. The molecule has 17 nitrogen and oxygen atoms in total. The summed E-state index contributed by atoms with van der Waals surface area (Å²) in [7, 11) is 14.8. The maximum atomic E-state index is 11.6. The van der Waals surface area contributed by atoms with Crippen molar-refractivity contribution in [1.82, 2.24) is 15.0 Å². The maximum absolute atomic E-state index is 11.6. The summed E-state index contributed by atoms with van der Waals surface area (Å²) in [5.41, 5.74) is 18.8. The standard InChI is InChI=1S/C12H11NO2.2C11H9NO3.2C11H13NO2.Al.3ClH/c1-8(14)12(4-5-12)9-2-3-11-10(6-9)13-7-15-11;2*13-10(14)11(3-4-11)7-1-2-9-8(5-7)12-6-15-9;2*1-7(13)11(4-5-11)8-2-3-10(14)9(12)6-8;;;;/h2-3,6-7H,4-5H2,1H3;2*1-2,5-6H,3-4H2,(H,13,14);2*2-3,6,14H,4-5,12H2,1H3;;3*1H/q;;;;;+3;;;/p-3. The third kappa shape index (κ3) is 12.0. The summed E-state index contributed by atoms with van der Waals surface area (Å²) in [5, 5.41) is 36.8. The molecular weight excluding hydrogens is 1070 g/mol. The van der Waals surface area contributed by atoms with Crippen LogP contribution < -0.4 is 11.5 Å². The number of carbonyl (C=O) groups is 5. The predicted octanol–water partition coefficient (Wildman–Crippen LogP) is 11.2. The molecule has 3 aromatic heterocycles. The summed E-state index contributed by atoms with van der Waals surface area (Å²) in [4.78, 5) is 68.8. The summed E-state index contributed by atoms with van der Waals surface area (Å²) in [6.07, 6.45) is 12.5. The van der Waals surface area contributed by atoms with Crippen molar-refractivity contribution in [3.05, 3.63) is 138 Å². The summed E-state index contributed by atoms with van der Waals surface area (Å²) in [5.74, 6) is -0.715. The number of anilines is 2. The Kier molecular flexibility index (Phi) is 16.2. The highest BCUT2D eigenvalue weighted by Gasteiger charge is 2.53. The Morgan fingerprint density at radius 1 is 0.442 bits per heavy atom.